The summed E-state index contributed by atoms with van der Waals surface area (Å²) >= 11 is 3.46. The van der Waals surface area contributed by atoms with Crippen molar-refractivity contribution in [2.24, 2.45) is 0 Å². The second-order valence-electron chi connectivity index (χ2n) is 6.40. The molecule has 0 bridgehead atoms. The van der Waals surface area contributed by atoms with E-state index in [1.807, 2.05) is 37.3 Å². The minimum atomic E-state index is -0.858. The number of ether oxygens (including phenoxy) is 1. The van der Waals surface area contributed by atoms with Gasteiger partial charge in [-0.2, -0.15) is 0 Å². The zero-order chi connectivity index (χ0) is 16.3. The number of likely N-dealkylation sites (tertiary alicyclic amines) is 1. The molecule has 0 aliphatic carbocycles. The molecule has 1 aliphatic rings. The first-order chi connectivity index (χ1) is 11.0. The van der Waals surface area contributed by atoms with Crippen LogP contribution in [0.2, 0.25) is 0 Å². The van der Waals surface area contributed by atoms with E-state index in [1.54, 1.807) is 0 Å². The maximum atomic E-state index is 10.8. The molecule has 1 N–H and O–H groups in total. The van der Waals surface area contributed by atoms with Gasteiger partial charge in [-0.05, 0) is 43.2 Å². The third kappa shape index (κ3) is 4.34. The maximum Gasteiger partial charge on any atom is 0.129 e. The van der Waals surface area contributed by atoms with Gasteiger partial charge in [-0.1, -0.05) is 46.3 Å². The lowest BCUT2D eigenvalue weighted by Crippen LogP contribution is -2.56. The molecule has 0 unspecified atom stereocenters. The Morgan fingerprint density at radius 1 is 1.17 bits per heavy atom. The van der Waals surface area contributed by atoms with Gasteiger partial charge in [0.15, 0.2) is 0 Å². The van der Waals surface area contributed by atoms with E-state index in [2.05, 4.69) is 45.1 Å². The van der Waals surface area contributed by atoms with Gasteiger partial charge < -0.3 is 9.84 Å². The van der Waals surface area contributed by atoms with Crippen LogP contribution in [0.5, 0.6) is 5.75 Å². The van der Waals surface area contributed by atoms with Crippen LogP contribution in [0.1, 0.15) is 18.9 Å². The molecule has 2 aromatic rings. The Labute approximate surface area is 146 Å². The SMILES string of the molecule is C[C@]1(O)CN(Cc2ccc(Br)cc2)CC[C@@H]1Oc1ccccc1. The normalized spacial score (nSPS) is 25.3. The fourth-order valence-corrected chi connectivity index (χ4v) is 3.34. The van der Waals surface area contributed by atoms with Gasteiger partial charge in [0.05, 0.1) is 0 Å². The third-order valence-electron chi connectivity index (χ3n) is 4.29. The average Bonchev–Trinajstić information content (AvgIpc) is 2.53. The highest BCUT2D eigenvalue weighted by Crippen LogP contribution is 2.27. The zero-order valence-corrected chi connectivity index (χ0v) is 14.9. The van der Waals surface area contributed by atoms with Gasteiger partial charge in [0.25, 0.3) is 0 Å². The lowest BCUT2D eigenvalue weighted by molar-refractivity contribution is -0.0993. The van der Waals surface area contributed by atoms with Crippen molar-refractivity contribution in [1.82, 2.24) is 4.90 Å². The number of piperidine rings is 1. The molecule has 4 heteroatoms. The quantitative estimate of drug-likeness (QED) is 0.880. The highest BCUT2D eigenvalue weighted by Gasteiger charge is 2.39. The lowest BCUT2D eigenvalue weighted by Gasteiger charge is -2.42. The Bertz CT molecular complexity index is 628. The second-order valence-corrected chi connectivity index (χ2v) is 7.32. The summed E-state index contributed by atoms with van der Waals surface area (Å²) in [5, 5.41) is 10.8. The molecule has 1 heterocycles. The maximum absolute atomic E-state index is 10.8. The molecule has 0 saturated carbocycles. The molecule has 1 aliphatic heterocycles. The van der Waals surface area contributed by atoms with Gasteiger partial charge in [0.1, 0.15) is 17.5 Å². The van der Waals surface area contributed by atoms with Crippen molar-refractivity contribution in [1.29, 1.82) is 0 Å². The predicted octanol–water partition coefficient (Wildman–Crippen LogP) is 3.85. The Kier molecular flexibility index (Phi) is 5.05. The summed E-state index contributed by atoms with van der Waals surface area (Å²) in [5.74, 6) is 0.819. The molecule has 23 heavy (non-hydrogen) atoms. The zero-order valence-electron chi connectivity index (χ0n) is 13.3. The fourth-order valence-electron chi connectivity index (χ4n) is 3.08. The van der Waals surface area contributed by atoms with Crippen molar-refractivity contribution in [2.45, 2.75) is 31.6 Å². The van der Waals surface area contributed by atoms with Crippen LogP contribution in [0.3, 0.4) is 0 Å². The number of nitrogens with zero attached hydrogens (tertiary/aromatic N) is 1. The molecule has 1 fully saturated rings. The lowest BCUT2D eigenvalue weighted by atomic mass is 9.91. The van der Waals surface area contributed by atoms with Crippen LogP contribution in [-0.2, 0) is 6.54 Å². The first-order valence-corrected chi connectivity index (χ1v) is 8.73. The standard InChI is InChI=1S/C19H22BrNO2/c1-19(22)14-21(13-15-7-9-16(20)10-8-15)12-11-18(19)23-17-5-3-2-4-6-17/h2-10,18,22H,11-14H2,1H3/t18-,19-/m0/s1. The van der Waals surface area contributed by atoms with E-state index in [9.17, 15) is 5.11 Å². The van der Waals surface area contributed by atoms with Crippen molar-refractivity contribution in [3.05, 3.63) is 64.6 Å². The number of benzene rings is 2. The van der Waals surface area contributed by atoms with Gasteiger partial charge in [-0.15, -0.1) is 0 Å². The van der Waals surface area contributed by atoms with Crippen LogP contribution < -0.4 is 4.74 Å². The largest absolute Gasteiger partial charge is 0.487 e. The molecule has 0 radical (unpaired) electrons. The van der Waals surface area contributed by atoms with Crippen LogP contribution in [0.4, 0.5) is 0 Å². The summed E-state index contributed by atoms with van der Waals surface area (Å²) in [4.78, 5) is 2.29. The van der Waals surface area contributed by atoms with Crippen LogP contribution >= 0.6 is 15.9 Å². The van der Waals surface area contributed by atoms with Crippen molar-refractivity contribution < 1.29 is 9.84 Å². The Morgan fingerprint density at radius 2 is 1.87 bits per heavy atom. The van der Waals surface area contributed by atoms with E-state index in [0.717, 1.165) is 29.7 Å². The summed E-state index contributed by atoms with van der Waals surface area (Å²) in [5.41, 5.74) is 0.398. The van der Waals surface area contributed by atoms with Gasteiger partial charge in [0.2, 0.25) is 0 Å². The van der Waals surface area contributed by atoms with E-state index in [-0.39, 0.29) is 6.10 Å². The number of para-hydroxylation sites is 1. The van der Waals surface area contributed by atoms with Crippen molar-refractivity contribution in [3.63, 3.8) is 0 Å². The van der Waals surface area contributed by atoms with Crippen LogP contribution in [0.25, 0.3) is 0 Å². The Balaban J connectivity index is 1.61. The van der Waals surface area contributed by atoms with Crippen LogP contribution in [0.15, 0.2) is 59.1 Å². The summed E-state index contributed by atoms with van der Waals surface area (Å²) in [6.45, 7) is 4.25. The molecule has 3 rings (SSSR count). The predicted molar refractivity (Wildman–Crippen MR) is 95.5 cm³/mol. The van der Waals surface area contributed by atoms with Crippen LogP contribution in [0, 0.1) is 0 Å². The average molecular weight is 376 g/mol. The van der Waals surface area contributed by atoms with E-state index in [4.69, 9.17) is 4.74 Å². The van der Waals surface area contributed by atoms with Crippen molar-refractivity contribution >= 4 is 15.9 Å². The minimum absolute atomic E-state index is 0.175. The van der Waals surface area contributed by atoms with E-state index in [0.29, 0.717) is 6.54 Å². The number of β-amino-alcohol motifs (C(OH)–C–C–N with tert-alkyl or cyclic N) is 1. The molecule has 1 saturated heterocycles. The van der Waals surface area contributed by atoms with Crippen LogP contribution in [-0.4, -0.2) is 34.8 Å². The van der Waals surface area contributed by atoms with Gasteiger partial charge in [0, 0.05) is 24.1 Å². The van der Waals surface area contributed by atoms with Gasteiger partial charge in [-0.25, -0.2) is 0 Å². The highest BCUT2D eigenvalue weighted by molar-refractivity contribution is 9.10. The molecular weight excluding hydrogens is 354 g/mol. The van der Waals surface area contributed by atoms with E-state index < -0.39 is 5.60 Å². The topological polar surface area (TPSA) is 32.7 Å². The molecule has 0 spiro atoms. The molecular formula is C19H22BrNO2. The molecule has 122 valence electrons. The minimum Gasteiger partial charge on any atom is -0.487 e. The highest BCUT2D eigenvalue weighted by atomic mass is 79.9. The molecule has 3 nitrogen and oxygen atoms in total. The number of aliphatic hydroxyl groups is 1. The smallest absolute Gasteiger partial charge is 0.129 e. The molecule has 0 aromatic heterocycles. The Hall–Kier alpha value is -1.36. The summed E-state index contributed by atoms with van der Waals surface area (Å²) in [7, 11) is 0. The molecule has 0 amide bonds. The van der Waals surface area contributed by atoms with Gasteiger partial charge >= 0.3 is 0 Å². The second kappa shape index (κ2) is 7.04. The number of hydrogen-bond donors (Lipinski definition) is 1. The number of rotatable bonds is 4. The molecule has 2 aromatic carbocycles. The first-order valence-electron chi connectivity index (χ1n) is 7.94. The third-order valence-corrected chi connectivity index (χ3v) is 4.81. The molecule has 2 atom stereocenters. The monoisotopic (exact) mass is 375 g/mol. The van der Waals surface area contributed by atoms with Crippen molar-refractivity contribution in [3.8, 4) is 5.75 Å². The first kappa shape index (κ1) is 16.5. The fraction of sp³-hybridized carbons (Fsp3) is 0.368. The van der Waals surface area contributed by atoms with E-state index in [1.165, 1.54) is 5.56 Å². The number of hydrogen-bond acceptors (Lipinski definition) is 3. The summed E-state index contributed by atoms with van der Waals surface area (Å²) in [6, 6.07) is 18.1. The summed E-state index contributed by atoms with van der Waals surface area (Å²) in [6.07, 6.45) is 0.643. The van der Waals surface area contributed by atoms with E-state index >= 15 is 0 Å². The Morgan fingerprint density at radius 3 is 2.52 bits per heavy atom. The van der Waals surface area contributed by atoms with Gasteiger partial charge in [-0.3, -0.25) is 4.90 Å². The van der Waals surface area contributed by atoms with Crippen molar-refractivity contribution in [2.75, 3.05) is 13.1 Å². The number of halogens is 1. The summed E-state index contributed by atoms with van der Waals surface area (Å²) < 4.78 is 7.09.